The maximum Gasteiger partial charge on any atom is 0.251 e. The van der Waals surface area contributed by atoms with Gasteiger partial charge in [0.05, 0.1) is 18.7 Å². The molecule has 1 fully saturated rings. The zero-order chi connectivity index (χ0) is 24.1. The van der Waals surface area contributed by atoms with Crippen LogP contribution in [-0.2, 0) is 16.0 Å². The SMILES string of the molecule is CCN(CC)C(=O)CN1CCCN(C(=O)Cc2c(C)nn(-c3nc(C)cc(C)n3)c2C)CC1. The molecule has 0 saturated carbocycles. The summed E-state index contributed by atoms with van der Waals surface area (Å²) in [6.07, 6.45) is 1.17. The molecule has 33 heavy (non-hydrogen) atoms. The van der Waals surface area contributed by atoms with Crippen molar-refractivity contribution in [2.45, 2.75) is 54.4 Å². The van der Waals surface area contributed by atoms with Gasteiger partial charge in [0, 0.05) is 61.9 Å². The highest BCUT2D eigenvalue weighted by Crippen LogP contribution is 2.18. The van der Waals surface area contributed by atoms with Crippen LogP contribution in [0.15, 0.2) is 6.07 Å². The first kappa shape index (κ1) is 24.8. The molecule has 9 nitrogen and oxygen atoms in total. The number of likely N-dealkylation sites (N-methyl/N-ethyl adjacent to an activating group) is 1. The van der Waals surface area contributed by atoms with E-state index in [9.17, 15) is 9.59 Å². The van der Waals surface area contributed by atoms with Crippen LogP contribution in [0.2, 0.25) is 0 Å². The number of hydrogen-bond acceptors (Lipinski definition) is 6. The number of rotatable bonds is 7. The van der Waals surface area contributed by atoms with Gasteiger partial charge in [-0.2, -0.15) is 5.10 Å². The van der Waals surface area contributed by atoms with Crippen LogP contribution in [0.1, 0.15) is 48.6 Å². The molecule has 2 aromatic heterocycles. The minimum absolute atomic E-state index is 0.0963. The summed E-state index contributed by atoms with van der Waals surface area (Å²) in [5.41, 5.74) is 4.42. The third-order valence-corrected chi connectivity index (χ3v) is 6.35. The summed E-state index contributed by atoms with van der Waals surface area (Å²) in [5.74, 6) is 0.793. The van der Waals surface area contributed by atoms with Crippen LogP contribution in [0, 0.1) is 27.7 Å². The van der Waals surface area contributed by atoms with Gasteiger partial charge in [-0.3, -0.25) is 14.5 Å². The number of aryl methyl sites for hydroxylation is 3. The van der Waals surface area contributed by atoms with Crippen molar-refractivity contribution in [2.24, 2.45) is 0 Å². The lowest BCUT2D eigenvalue weighted by molar-refractivity contribution is -0.132. The highest BCUT2D eigenvalue weighted by molar-refractivity contribution is 5.80. The van der Waals surface area contributed by atoms with Gasteiger partial charge in [-0.05, 0) is 54.0 Å². The molecule has 1 aliphatic heterocycles. The predicted molar refractivity (Wildman–Crippen MR) is 127 cm³/mol. The molecule has 0 radical (unpaired) electrons. The first-order valence-corrected chi connectivity index (χ1v) is 11.9. The van der Waals surface area contributed by atoms with Crippen molar-refractivity contribution in [3.63, 3.8) is 0 Å². The first-order valence-electron chi connectivity index (χ1n) is 11.9. The van der Waals surface area contributed by atoms with Crippen LogP contribution in [0.25, 0.3) is 5.95 Å². The summed E-state index contributed by atoms with van der Waals surface area (Å²) in [7, 11) is 0. The summed E-state index contributed by atoms with van der Waals surface area (Å²) in [4.78, 5) is 40.6. The van der Waals surface area contributed by atoms with E-state index in [2.05, 4.69) is 20.0 Å². The molecule has 0 atom stereocenters. The minimum Gasteiger partial charge on any atom is -0.342 e. The van der Waals surface area contributed by atoms with Crippen LogP contribution in [0.4, 0.5) is 0 Å². The van der Waals surface area contributed by atoms with Gasteiger partial charge in [0.1, 0.15) is 0 Å². The Morgan fingerprint density at radius 3 is 2.27 bits per heavy atom. The molecule has 1 saturated heterocycles. The first-order chi connectivity index (χ1) is 15.7. The molecular weight excluding hydrogens is 418 g/mol. The minimum atomic E-state index is 0.0963. The molecular formula is C24H37N7O2. The van der Waals surface area contributed by atoms with Crippen LogP contribution in [0.3, 0.4) is 0 Å². The second-order valence-corrected chi connectivity index (χ2v) is 8.77. The zero-order valence-electron chi connectivity index (χ0n) is 20.9. The molecule has 0 N–H and O–H groups in total. The molecule has 2 amide bonds. The Labute approximate surface area is 196 Å². The summed E-state index contributed by atoms with van der Waals surface area (Å²) >= 11 is 0. The molecule has 3 heterocycles. The third kappa shape index (κ3) is 5.96. The van der Waals surface area contributed by atoms with Crippen molar-refractivity contribution in [3.8, 4) is 5.95 Å². The van der Waals surface area contributed by atoms with Gasteiger partial charge in [-0.1, -0.05) is 0 Å². The second kappa shape index (κ2) is 10.9. The largest absolute Gasteiger partial charge is 0.342 e. The number of amides is 2. The summed E-state index contributed by atoms with van der Waals surface area (Å²) < 4.78 is 1.74. The normalized spacial score (nSPS) is 14.9. The highest BCUT2D eigenvalue weighted by atomic mass is 16.2. The van der Waals surface area contributed by atoms with Gasteiger partial charge in [-0.25, -0.2) is 14.6 Å². The quantitative estimate of drug-likeness (QED) is 0.633. The van der Waals surface area contributed by atoms with Gasteiger partial charge in [0.25, 0.3) is 5.95 Å². The van der Waals surface area contributed by atoms with E-state index < -0.39 is 0 Å². The molecule has 0 aliphatic carbocycles. The zero-order valence-corrected chi connectivity index (χ0v) is 20.9. The molecule has 2 aromatic rings. The van der Waals surface area contributed by atoms with Crippen molar-refractivity contribution < 1.29 is 9.59 Å². The lowest BCUT2D eigenvalue weighted by Gasteiger charge is -2.25. The monoisotopic (exact) mass is 455 g/mol. The van der Waals surface area contributed by atoms with E-state index in [4.69, 9.17) is 0 Å². The number of carbonyl (C=O) groups is 2. The molecule has 3 rings (SSSR count). The Balaban J connectivity index is 1.66. The van der Waals surface area contributed by atoms with Crippen molar-refractivity contribution >= 4 is 11.8 Å². The summed E-state index contributed by atoms with van der Waals surface area (Å²) in [5, 5.41) is 4.63. The summed E-state index contributed by atoms with van der Waals surface area (Å²) in [6, 6.07) is 1.93. The van der Waals surface area contributed by atoms with Crippen LogP contribution in [-0.4, -0.2) is 92.1 Å². The van der Waals surface area contributed by atoms with E-state index in [1.807, 2.05) is 57.4 Å². The van der Waals surface area contributed by atoms with Gasteiger partial charge in [-0.15, -0.1) is 0 Å². The maximum atomic E-state index is 13.2. The predicted octanol–water partition coefficient (Wildman–Crippen LogP) is 1.84. The second-order valence-electron chi connectivity index (χ2n) is 8.77. The molecule has 0 aromatic carbocycles. The van der Waals surface area contributed by atoms with Gasteiger partial charge >= 0.3 is 0 Å². The van der Waals surface area contributed by atoms with Crippen LogP contribution >= 0.6 is 0 Å². The average Bonchev–Trinajstić information content (AvgIpc) is 2.92. The summed E-state index contributed by atoms with van der Waals surface area (Å²) in [6.45, 7) is 16.5. The molecule has 1 aliphatic rings. The molecule has 0 spiro atoms. The molecule has 9 heteroatoms. The molecule has 180 valence electrons. The molecule has 0 bridgehead atoms. The van der Waals surface area contributed by atoms with E-state index in [-0.39, 0.29) is 11.8 Å². The van der Waals surface area contributed by atoms with E-state index in [0.717, 1.165) is 54.4 Å². The topological polar surface area (TPSA) is 87.5 Å². The number of hydrogen-bond donors (Lipinski definition) is 0. The Morgan fingerprint density at radius 1 is 0.970 bits per heavy atom. The lowest BCUT2D eigenvalue weighted by atomic mass is 10.1. The fourth-order valence-corrected chi connectivity index (χ4v) is 4.44. The van der Waals surface area contributed by atoms with E-state index >= 15 is 0 Å². The fourth-order valence-electron chi connectivity index (χ4n) is 4.44. The number of aromatic nitrogens is 4. The van der Waals surface area contributed by atoms with Crippen molar-refractivity contribution in [3.05, 3.63) is 34.4 Å². The van der Waals surface area contributed by atoms with E-state index in [1.165, 1.54) is 0 Å². The number of carbonyl (C=O) groups excluding carboxylic acids is 2. The van der Waals surface area contributed by atoms with E-state index in [0.29, 0.717) is 38.5 Å². The standard InChI is InChI=1S/C24H37N7O2/c1-7-29(8-2)23(33)16-28-10-9-11-30(13-12-28)22(32)15-21-19(5)27-31(20(21)6)24-25-17(3)14-18(4)26-24/h14H,7-13,15-16H2,1-6H3. The fraction of sp³-hybridized carbons (Fsp3) is 0.625. The average molecular weight is 456 g/mol. The van der Waals surface area contributed by atoms with Gasteiger partial charge in [0.2, 0.25) is 11.8 Å². The van der Waals surface area contributed by atoms with Crippen LogP contribution in [0.5, 0.6) is 0 Å². The van der Waals surface area contributed by atoms with Gasteiger partial charge in [0.15, 0.2) is 0 Å². The maximum absolute atomic E-state index is 13.2. The lowest BCUT2D eigenvalue weighted by Crippen LogP contribution is -2.42. The number of nitrogens with zero attached hydrogens (tertiary/aromatic N) is 7. The van der Waals surface area contributed by atoms with Crippen LogP contribution < -0.4 is 0 Å². The van der Waals surface area contributed by atoms with E-state index in [1.54, 1.807) is 4.68 Å². The Kier molecular flexibility index (Phi) is 8.18. The van der Waals surface area contributed by atoms with Crippen molar-refractivity contribution in [1.29, 1.82) is 0 Å². The third-order valence-electron chi connectivity index (χ3n) is 6.35. The Morgan fingerprint density at radius 2 is 1.64 bits per heavy atom. The van der Waals surface area contributed by atoms with Crippen molar-refractivity contribution in [2.75, 3.05) is 45.8 Å². The van der Waals surface area contributed by atoms with Crippen molar-refractivity contribution in [1.82, 2.24) is 34.4 Å². The highest BCUT2D eigenvalue weighted by Gasteiger charge is 2.24. The smallest absolute Gasteiger partial charge is 0.251 e. The van der Waals surface area contributed by atoms with Gasteiger partial charge < -0.3 is 9.80 Å². The molecule has 0 unspecified atom stereocenters. The Hall–Kier alpha value is -2.81. The Bertz CT molecular complexity index is 977.